The van der Waals surface area contributed by atoms with Gasteiger partial charge >= 0.3 is 0 Å². The van der Waals surface area contributed by atoms with Gasteiger partial charge in [0.05, 0.1) is 18.0 Å². The van der Waals surface area contributed by atoms with Crippen LogP contribution < -0.4 is 5.48 Å². The zero-order valence-corrected chi connectivity index (χ0v) is 8.86. The molecule has 1 aromatic rings. The Bertz CT molecular complexity index is 350. The first-order valence-electron chi connectivity index (χ1n) is 4.16. The van der Waals surface area contributed by atoms with E-state index in [-0.39, 0.29) is 12.7 Å². The lowest BCUT2D eigenvalue weighted by Crippen LogP contribution is -2.15. The van der Waals surface area contributed by atoms with Crippen molar-refractivity contribution < 1.29 is 9.94 Å². The Hall–Kier alpha value is -0.910. The average molecular weight is 257 g/mol. The number of aliphatic hydroxyl groups is 1. The molecule has 0 radical (unpaired) electrons. The molecule has 14 heavy (non-hydrogen) atoms. The smallest absolute Gasteiger partial charge is 0.129 e. The van der Waals surface area contributed by atoms with Crippen LogP contribution in [0.25, 0.3) is 5.70 Å². The molecular formula is C9H9BrN2O2. The maximum absolute atomic E-state index is 8.84. The molecule has 0 saturated heterocycles. The number of nitrogens with one attached hydrogen (secondary N) is 1. The number of hydroxylamine groups is 1. The van der Waals surface area contributed by atoms with Crippen LogP contribution >= 0.6 is 15.9 Å². The van der Waals surface area contributed by atoms with Crippen LogP contribution in [-0.4, -0.2) is 22.8 Å². The van der Waals surface area contributed by atoms with Gasteiger partial charge in [-0.25, -0.2) is 0 Å². The molecule has 74 valence electrons. The van der Waals surface area contributed by atoms with Gasteiger partial charge in [0, 0.05) is 10.7 Å². The fourth-order valence-electron chi connectivity index (χ4n) is 1.16. The van der Waals surface area contributed by atoms with Gasteiger partial charge in [0.25, 0.3) is 0 Å². The van der Waals surface area contributed by atoms with Crippen LogP contribution in [0.1, 0.15) is 5.69 Å². The number of halogens is 1. The molecule has 1 aromatic heterocycles. The van der Waals surface area contributed by atoms with E-state index >= 15 is 0 Å². The average Bonchev–Trinajstić information content (AvgIpc) is 2.67. The van der Waals surface area contributed by atoms with Gasteiger partial charge in [-0.15, -0.1) is 0 Å². The second kappa shape index (κ2) is 4.08. The summed E-state index contributed by atoms with van der Waals surface area (Å²) in [6.07, 6.45) is 3.23. The van der Waals surface area contributed by atoms with Crippen LogP contribution in [0.5, 0.6) is 0 Å². The predicted octanol–water partition coefficient (Wildman–Crippen LogP) is 1.08. The molecule has 4 nitrogen and oxygen atoms in total. The van der Waals surface area contributed by atoms with Crippen molar-refractivity contribution in [3.63, 3.8) is 0 Å². The maximum atomic E-state index is 8.84. The lowest BCUT2D eigenvalue weighted by Gasteiger charge is -2.02. The summed E-state index contributed by atoms with van der Waals surface area (Å²) in [6, 6.07) is 3.77. The monoisotopic (exact) mass is 256 g/mol. The molecule has 0 aromatic carbocycles. The SMILES string of the molecule is OC[C@H]1C=C(c2ccc(Br)cn2)NO1. The van der Waals surface area contributed by atoms with Gasteiger partial charge in [-0.2, -0.15) is 0 Å². The first-order chi connectivity index (χ1) is 6.79. The quantitative estimate of drug-likeness (QED) is 0.832. The summed E-state index contributed by atoms with van der Waals surface area (Å²) >= 11 is 3.31. The van der Waals surface area contributed by atoms with E-state index < -0.39 is 0 Å². The van der Waals surface area contributed by atoms with Crippen molar-refractivity contribution in [2.24, 2.45) is 0 Å². The molecule has 0 aliphatic carbocycles. The Morgan fingerprint density at radius 3 is 3.00 bits per heavy atom. The van der Waals surface area contributed by atoms with Crippen LogP contribution in [0.2, 0.25) is 0 Å². The van der Waals surface area contributed by atoms with Crippen molar-refractivity contribution in [3.8, 4) is 0 Å². The van der Waals surface area contributed by atoms with Crippen molar-refractivity contribution in [1.29, 1.82) is 0 Å². The van der Waals surface area contributed by atoms with Crippen LogP contribution in [-0.2, 0) is 4.84 Å². The molecule has 2 heterocycles. The molecule has 0 amide bonds. The maximum Gasteiger partial charge on any atom is 0.129 e. The molecular weight excluding hydrogens is 248 g/mol. The van der Waals surface area contributed by atoms with E-state index in [0.717, 1.165) is 15.9 Å². The van der Waals surface area contributed by atoms with Crippen molar-refractivity contribution in [2.75, 3.05) is 6.61 Å². The number of hydrogen-bond acceptors (Lipinski definition) is 4. The van der Waals surface area contributed by atoms with Gasteiger partial charge in [0.2, 0.25) is 0 Å². The summed E-state index contributed by atoms with van der Waals surface area (Å²) in [6.45, 7) is -0.0347. The summed E-state index contributed by atoms with van der Waals surface area (Å²) in [5.74, 6) is 0. The third-order valence-electron chi connectivity index (χ3n) is 1.86. The van der Waals surface area contributed by atoms with E-state index in [1.165, 1.54) is 0 Å². The summed E-state index contributed by atoms with van der Waals surface area (Å²) in [5.41, 5.74) is 4.30. The Labute approximate surface area is 89.7 Å². The second-order valence-corrected chi connectivity index (χ2v) is 3.80. The Balaban J connectivity index is 2.20. The van der Waals surface area contributed by atoms with Crippen LogP contribution in [0.15, 0.2) is 28.9 Å². The molecule has 0 fully saturated rings. The van der Waals surface area contributed by atoms with E-state index in [1.807, 2.05) is 12.1 Å². The highest BCUT2D eigenvalue weighted by Gasteiger charge is 2.16. The van der Waals surface area contributed by atoms with Gasteiger partial charge in [0.15, 0.2) is 0 Å². The zero-order valence-electron chi connectivity index (χ0n) is 7.27. The van der Waals surface area contributed by atoms with Gasteiger partial charge in [-0.3, -0.25) is 15.3 Å². The normalized spacial score (nSPS) is 20.4. The minimum absolute atomic E-state index is 0.0347. The summed E-state index contributed by atoms with van der Waals surface area (Å²) in [7, 11) is 0. The topological polar surface area (TPSA) is 54.4 Å². The molecule has 5 heteroatoms. The van der Waals surface area contributed by atoms with Gasteiger partial charge < -0.3 is 5.11 Å². The summed E-state index contributed by atoms with van der Waals surface area (Å²) < 4.78 is 0.930. The lowest BCUT2D eigenvalue weighted by atomic mass is 10.2. The molecule has 1 aliphatic rings. The highest BCUT2D eigenvalue weighted by molar-refractivity contribution is 9.10. The number of aromatic nitrogens is 1. The zero-order chi connectivity index (χ0) is 9.97. The Morgan fingerprint density at radius 1 is 1.57 bits per heavy atom. The standard InChI is InChI=1S/C9H9BrN2O2/c10-6-1-2-8(11-4-6)9-3-7(5-13)14-12-9/h1-4,7,12-13H,5H2/t7-/m1/s1. The fraction of sp³-hybridized carbons (Fsp3) is 0.222. The number of aliphatic hydroxyl groups excluding tert-OH is 1. The first kappa shape index (κ1) is 9.64. The number of rotatable bonds is 2. The van der Waals surface area contributed by atoms with Crippen molar-refractivity contribution in [2.45, 2.75) is 6.10 Å². The molecule has 1 aliphatic heterocycles. The van der Waals surface area contributed by atoms with Crippen LogP contribution in [0.3, 0.4) is 0 Å². The van der Waals surface area contributed by atoms with E-state index in [2.05, 4.69) is 26.4 Å². The fourth-order valence-corrected chi connectivity index (χ4v) is 1.39. The second-order valence-electron chi connectivity index (χ2n) is 2.88. The molecule has 0 saturated carbocycles. The van der Waals surface area contributed by atoms with Crippen LogP contribution in [0, 0.1) is 0 Å². The Kier molecular flexibility index (Phi) is 2.81. The predicted molar refractivity (Wildman–Crippen MR) is 55.0 cm³/mol. The van der Waals surface area contributed by atoms with E-state index in [0.29, 0.717) is 0 Å². The lowest BCUT2D eigenvalue weighted by molar-refractivity contribution is 0.0172. The summed E-state index contributed by atoms with van der Waals surface area (Å²) in [4.78, 5) is 9.24. The first-order valence-corrected chi connectivity index (χ1v) is 4.95. The molecule has 2 N–H and O–H groups in total. The van der Waals surface area contributed by atoms with Gasteiger partial charge in [0.1, 0.15) is 6.10 Å². The molecule has 0 bridgehead atoms. The highest BCUT2D eigenvalue weighted by Crippen LogP contribution is 2.17. The number of nitrogens with zero attached hydrogens (tertiary/aromatic N) is 1. The Morgan fingerprint density at radius 2 is 2.43 bits per heavy atom. The van der Waals surface area contributed by atoms with Crippen molar-refractivity contribution >= 4 is 21.6 Å². The molecule has 0 spiro atoms. The minimum Gasteiger partial charge on any atom is -0.393 e. The third-order valence-corrected chi connectivity index (χ3v) is 2.33. The number of pyridine rings is 1. The van der Waals surface area contributed by atoms with Gasteiger partial charge in [-0.05, 0) is 34.1 Å². The van der Waals surface area contributed by atoms with E-state index in [9.17, 15) is 0 Å². The van der Waals surface area contributed by atoms with E-state index in [4.69, 9.17) is 9.94 Å². The minimum atomic E-state index is -0.282. The van der Waals surface area contributed by atoms with Crippen LogP contribution in [0.4, 0.5) is 0 Å². The number of hydrogen-bond donors (Lipinski definition) is 2. The molecule has 2 rings (SSSR count). The van der Waals surface area contributed by atoms with Crippen molar-refractivity contribution in [3.05, 3.63) is 34.6 Å². The molecule has 1 atom stereocenters. The van der Waals surface area contributed by atoms with Gasteiger partial charge in [-0.1, -0.05) is 0 Å². The van der Waals surface area contributed by atoms with E-state index in [1.54, 1.807) is 12.3 Å². The largest absolute Gasteiger partial charge is 0.393 e. The highest BCUT2D eigenvalue weighted by atomic mass is 79.9. The third kappa shape index (κ3) is 1.95. The summed E-state index contributed by atoms with van der Waals surface area (Å²) in [5, 5.41) is 8.84. The van der Waals surface area contributed by atoms with Crippen molar-refractivity contribution in [1.82, 2.24) is 10.5 Å². The molecule has 0 unspecified atom stereocenters.